The van der Waals surface area contributed by atoms with E-state index in [4.69, 9.17) is 12.2 Å². The van der Waals surface area contributed by atoms with Crippen LogP contribution in [0.3, 0.4) is 0 Å². The first-order valence-corrected chi connectivity index (χ1v) is 8.91. The van der Waals surface area contributed by atoms with Crippen molar-refractivity contribution in [2.75, 3.05) is 44.6 Å². The number of thiocarbonyl (C=S) groups is 1. The molecule has 1 saturated heterocycles. The summed E-state index contributed by atoms with van der Waals surface area (Å²) in [6, 6.07) is 5.82. The van der Waals surface area contributed by atoms with E-state index in [1.807, 2.05) is 0 Å². The molecule has 7 heteroatoms. The molecule has 3 N–H and O–H groups in total. The number of amides is 1. The van der Waals surface area contributed by atoms with Crippen molar-refractivity contribution in [3.05, 3.63) is 30.1 Å². The number of carbonyl (C=O) groups is 1. The third-order valence-corrected chi connectivity index (χ3v) is 4.51. The van der Waals surface area contributed by atoms with Gasteiger partial charge in [-0.3, -0.25) is 4.79 Å². The summed E-state index contributed by atoms with van der Waals surface area (Å²) in [5, 5.41) is 6.91. The molecule has 0 bridgehead atoms. The smallest absolute Gasteiger partial charge is 0.279 e. The van der Waals surface area contributed by atoms with E-state index in [-0.39, 0.29) is 11.7 Å². The Bertz CT molecular complexity index is 544. The summed E-state index contributed by atoms with van der Waals surface area (Å²) in [7, 11) is 0. The Balaban J connectivity index is 1.69. The van der Waals surface area contributed by atoms with Crippen LogP contribution < -0.4 is 15.5 Å². The highest BCUT2D eigenvalue weighted by Crippen LogP contribution is 2.07. The van der Waals surface area contributed by atoms with E-state index in [1.165, 1.54) is 17.0 Å². The highest BCUT2D eigenvalue weighted by molar-refractivity contribution is 7.80. The number of carbonyl (C=O) groups excluding carboxylic acids is 1. The number of piperazine rings is 1. The van der Waals surface area contributed by atoms with Gasteiger partial charge < -0.3 is 20.4 Å². The van der Waals surface area contributed by atoms with Crippen LogP contribution in [0.2, 0.25) is 0 Å². The van der Waals surface area contributed by atoms with E-state index in [0.29, 0.717) is 12.2 Å². The summed E-state index contributed by atoms with van der Waals surface area (Å²) in [5.41, 5.74) is 0.626. The van der Waals surface area contributed by atoms with Gasteiger partial charge in [0.15, 0.2) is 11.7 Å². The van der Waals surface area contributed by atoms with Gasteiger partial charge in [0.25, 0.3) is 5.91 Å². The van der Waals surface area contributed by atoms with E-state index >= 15 is 0 Å². The Hall–Kier alpha value is -1.73. The predicted molar refractivity (Wildman–Crippen MR) is 97.7 cm³/mol. The second-order valence-corrected chi connectivity index (χ2v) is 6.44. The zero-order valence-corrected chi connectivity index (χ0v) is 14.9. The molecule has 1 heterocycles. The first-order valence-electron chi connectivity index (χ1n) is 8.50. The fraction of sp³-hybridized carbons (Fsp3) is 0.529. The first-order chi connectivity index (χ1) is 11.6. The number of unbranched alkanes of at least 4 members (excludes halogenated alkanes) is 1. The molecular formula is C17H26FN4OS+. The Morgan fingerprint density at radius 1 is 1.29 bits per heavy atom. The lowest BCUT2D eigenvalue weighted by molar-refractivity contribution is -0.895. The Kier molecular flexibility index (Phi) is 7.39. The van der Waals surface area contributed by atoms with E-state index < -0.39 is 0 Å². The molecule has 0 saturated carbocycles. The average Bonchev–Trinajstić information content (AvgIpc) is 2.58. The molecule has 0 aliphatic carbocycles. The maximum atomic E-state index is 12.9. The van der Waals surface area contributed by atoms with E-state index in [1.54, 1.807) is 12.1 Å². The Morgan fingerprint density at radius 2 is 1.96 bits per heavy atom. The van der Waals surface area contributed by atoms with Crippen molar-refractivity contribution in [3.8, 4) is 0 Å². The molecule has 1 fully saturated rings. The first kappa shape index (κ1) is 18.6. The maximum absolute atomic E-state index is 12.9. The van der Waals surface area contributed by atoms with Gasteiger partial charge in [-0.2, -0.15) is 0 Å². The van der Waals surface area contributed by atoms with Crippen LogP contribution >= 0.6 is 12.2 Å². The maximum Gasteiger partial charge on any atom is 0.279 e. The molecule has 1 aromatic carbocycles. The molecule has 24 heavy (non-hydrogen) atoms. The molecule has 0 aromatic heterocycles. The number of benzene rings is 1. The van der Waals surface area contributed by atoms with Crippen LogP contribution in [0.4, 0.5) is 10.1 Å². The Labute approximate surface area is 148 Å². The summed E-state index contributed by atoms with van der Waals surface area (Å²) in [6.45, 7) is 6.97. The van der Waals surface area contributed by atoms with Crippen LogP contribution in [0.25, 0.3) is 0 Å². The van der Waals surface area contributed by atoms with Gasteiger partial charge in [0, 0.05) is 12.2 Å². The largest absolute Gasteiger partial charge is 0.363 e. The van der Waals surface area contributed by atoms with E-state index in [2.05, 4.69) is 22.5 Å². The topological polar surface area (TPSA) is 48.8 Å². The monoisotopic (exact) mass is 353 g/mol. The van der Waals surface area contributed by atoms with Crippen LogP contribution in [0, 0.1) is 5.82 Å². The second kappa shape index (κ2) is 9.54. The molecule has 1 amide bonds. The molecule has 5 nitrogen and oxygen atoms in total. The third-order valence-electron chi connectivity index (χ3n) is 4.10. The van der Waals surface area contributed by atoms with Crippen molar-refractivity contribution in [1.82, 2.24) is 10.2 Å². The molecular weight excluding hydrogens is 327 g/mol. The number of halogens is 1. The van der Waals surface area contributed by atoms with Crippen LogP contribution in [0.1, 0.15) is 19.8 Å². The normalized spacial score (nSPS) is 15.2. The average molecular weight is 353 g/mol. The molecule has 2 rings (SSSR count). The van der Waals surface area contributed by atoms with Gasteiger partial charge in [0.05, 0.1) is 26.2 Å². The predicted octanol–water partition coefficient (Wildman–Crippen LogP) is 0.639. The summed E-state index contributed by atoms with van der Waals surface area (Å²) in [6.07, 6.45) is 2.27. The summed E-state index contributed by atoms with van der Waals surface area (Å²) >= 11 is 5.41. The molecule has 1 aliphatic rings. The highest BCUT2D eigenvalue weighted by atomic mass is 32.1. The minimum atomic E-state index is -0.307. The SMILES string of the molecule is CCCCNC(=S)N1CC[NH+](CC(=O)Nc2ccc(F)cc2)CC1. The standard InChI is InChI=1S/C17H25FN4OS/c1-2-3-8-19-17(24)22-11-9-21(10-12-22)13-16(23)20-15-6-4-14(18)5-7-15/h4-7H,2-3,8-13H2,1H3,(H,19,24)(H,20,23)/p+1. The summed E-state index contributed by atoms with van der Waals surface area (Å²) in [4.78, 5) is 15.5. The van der Waals surface area contributed by atoms with Crippen LogP contribution in [0.15, 0.2) is 24.3 Å². The van der Waals surface area contributed by atoms with Crippen LogP contribution in [-0.2, 0) is 4.79 Å². The zero-order valence-electron chi connectivity index (χ0n) is 14.1. The van der Waals surface area contributed by atoms with E-state index in [9.17, 15) is 9.18 Å². The highest BCUT2D eigenvalue weighted by Gasteiger charge is 2.23. The van der Waals surface area contributed by atoms with Gasteiger partial charge in [-0.25, -0.2) is 4.39 Å². The molecule has 1 aromatic rings. The zero-order chi connectivity index (χ0) is 17.4. The summed E-state index contributed by atoms with van der Waals surface area (Å²) < 4.78 is 12.9. The lowest BCUT2D eigenvalue weighted by Gasteiger charge is -2.33. The molecule has 132 valence electrons. The van der Waals surface area contributed by atoms with Crippen molar-refractivity contribution in [1.29, 1.82) is 0 Å². The van der Waals surface area contributed by atoms with E-state index in [0.717, 1.165) is 50.7 Å². The quantitative estimate of drug-likeness (QED) is 0.519. The fourth-order valence-corrected chi connectivity index (χ4v) is 2.94. The van der Waals surface area contributed by atoms with Crippen molar-refractivity contribution in [2.24, 2.45) is 0 Å². The number of anilines is 1. The van der Waals surface area contributed by atoms with Crippen LogP contribution in [0.5, 0.6) is 0 Å². The molecule has 0 unspecified atom stereocenters. The van der Waals surface area contributed by atoms with Crippen molar-refractivity contribution in [2.45, 2.75) is 19.8 Å². The lowest BCUT2D eigenvalue weighted by Crippen LogP contribution is -3.15. The third kappa shape index (κ3) is 6.05. The van der Waals surface area contributed by atoms with Crippen molar-refractivity contribution in [3.63, 3.8) is 0 Å². The fourth-order valence-electron chi connectivity index (χ4n) is 2.65. The van der Waals surface area contributed by atoms with Crippen molar-refractivity contribution < 1.29 is 14.1 Å². The molecule has 0 radical (unpaired) electrons. The number of hydrogen-bond acceptors (Lipinski definition) is 2. The minimum Gasteiger partial charge on any atom is -0.363 e. The van der Waals surface area contributed by atoms with Gasteiger partial charge in [0.2, 0.25) is 0 Å². The number of rotatable bonds is 6. The van der Waals surface area contributed by atoms with Gasteiger partial charge in [0.1, 0.15) is 5.82 Å². The Morgan fingerprint density at radius 3 is 2.58 bits per heavy atom. The molecule has 0 spiro atoms. The second-order valence-electron chi connectivity index (χ2n) is 6.05. The van der Waals surface area contributed by atoms with Gasteiger partial charge >= 0.3 is 0 Å². The van der Waals surface area contributed by atoms with Gasteiger partial charge in [-0.15, -0.1) is 0 Å². The number of hydrogen-bond donors (Lipinski definition) is 3. The number of nitrogens with zero attached hydrogens (tertiary/aromatic N) is 1. The summed E-state index contributed by atoms with van der Waals surface area (Å²) in [5.74, 6) is -0.355. The van der Waals surface area contributed by atoms with Crippen molar-refractivity contribution >= 4 is 28.9 Å². The molecule has 1 aliphatic heterocycles. The van der Waals surface area contributed by atoms with Crippen LogP contribution in [-0.4, -0.2) is 55.2 Å². The lowest BCUT2D eigenvalue weighted by atomic mass is 10.3. The van der Waals surface area contributed by atoms with Gasteiger partial charge in [-0.05, 0) is 42.9 Å². The minimum absolute atomic E-state index is 0.0475. The number of nitrogens with one attached hydrogen (secondary N) is 3. The number of quaternary nitrogens is 1. The molecule has 0 atom stereocenters. The van der Waals surface area contributed by atoms with Gasteiger partial charge in [-0.1, -0.05) is 13.3 Å².